The quantitative estimate of drug-likeness (QED) is 0.787. The van der Waals surface area contributed by atoms with Crippen LogP contribution in [0.15, 0.2) is 42.5 Å². The highest BCUT2D eigenvalue weighted by Gasteiger charge is 2.42. The molecule has 18 heavy (non-hydrogen) atoms. The van der Waals surface area contributed by atoms with Crippen LogP contribution < -0.4 is 4.74 Å². The Morgan fingerprint density at radius 3 is 2.67 bits per heavy atom. The molecular formula is C15H15ClO2. The van der Waals surface area contributed by atoms with E-state index < -0.39 is 0 Å². The van der Waals surface area contributed by atoms with Crippen LogP contribution in [0.2, 0.25) is 0 Å². The van der Waals surface area contributed by atoms with Crippen molar-refractivity contribution in [3.05, 3.63) is 42.5 Å². The standard InChI is InChI=1S/C15H15ClO2/c1-17-15-12(16)9-14(15)18-13-8-4-6-10-5-2-3-7-11(10)13/h2-8,12,14-15H,9H2,1H3. The van der Waals surface area contributed by atoms with Crippen molar-refractivity contribution in [2.24, 2.45) is 0 Å². The van der Waals surface area contributed by atoms with Crippen molar-refractivity contribution < 1.29 is 9.47 Å². The van der Waals surface area contributed by atoms with E-state index in [-0.39, 0.29) is 17.6 Å². The summed E-state index contributed by atoms with van der Waals surface area (Å²) in [5, 5.41) is 2.38. The van der Waals surface area contributed by atoms with Crippen molar-refractivity contribution in [2.75, 3.05) is 7.11 Å². The van der Waals surface area contributed by atoms with E-state index in [1.165, 1.54) is 5.39 Å². The van der Waals surface area contributed by atoms with Gasteiger partial charge in [0.1, 0.15) is 18.0 Å². The van der Waals surface area contributed by atoms with Crippen molar-refractivity contribution >= 4 is 22.4 Å². The fourth-order valence-corrected chi connectivity index (χ4v) is 2.84. The lowest BCUT2D eigenvalue weighted by Gasteiger charge is -2.39. The molecule has 0 saturated heterocycles. The second-order valence-corrected chi connectivity index (χ2v) is 5.15. The Labute approximate surface area is 111 Å². The van der Waals surface area contributed by atoms with Crippen LogP contribution in [0.5, 0.6) is 5.75 Å². The molecule has 2 aromatic carbocycles. The van der Waals surface area contributed by atoms with Gasteiger partial charge in [0, 0.05) is 18.9 Å². The molecule has 1 saturated carbocycles. The third-order valence-corrected chi connectivity index (χ3v) is 3.91. The normalized spacial score (nSPS) is 26.9. The third kappa shape index (κ3) is 1.96. The lowest BCUT2D eigenvalue weighted by molar-refractivity contribution is -0.0577. The van der Waals surface area contributed by atoms with Gasteiger partial charge in [0.25, 0.3) is 0 Å². The maximum atomic E-state index is 6.09. The van der Waals surface area contributed by atoms with Crippen LogP contribution in [0, 0.1) is 0 Å². The summed E-state index contributed by atoms with van der Waals surface area (Å²) in [6.45, 7) is 0. The van der Waals surface area contributed by atoms with Crippen LogP contribution in [0.25, 0.3) is 10.8 Å². The SMILES string of the molecule is COC1C(Cl)CC1Oc1cccc2ccccc12. The number of methoxy groups -OCH3 is 1. The predicted octanol–water partition coefficient (Wildman–Crippen LogP) is 3.61. The van der Waals surface area contributed by atoms with Crippen molar-refractivity contribution in [2.45, 2.75) is 24.0 Å². The monoisotopic (exact) mass is 262 g/mol. The lowest BCUT2D eigenvalue weighted by Crippen LogP contribution is -2.52. The summed E-state index contributed by atoms with van der Waals surface area (Å²) in [4.78, 5) is 0. The summed E-state index contributed by atoms with van der Waals surface area (Å²) in [6.07, 6.45) is 0.887. The number of rotatable bonds is 3. The molecule has 1 aliphatic rings. The number of benzene rings is 2. The van der Waals surface area contributed by atoms with Gasteiger partial charge in [-0.15, -0.1) is 11.6 Å². The van der Waals surface area contributed by atoms with Gasteiger partial charge >= 0.3 is 0 Å². The van der Waals surface area contributed by atoms with E-state index in [1.807, 2.05) is 24.3 Å². The first-order valence-electron chi connectivity index (χ1n) is 6.11. The highest BCUT2D eigenvalue weighted by atomic mass is 35.5. The van der Waals surface area contributed by atoms with Crippen LogP contribution >= 0.6 is 11.6 Å². The molecule has 0 spiro atoms. The Balaban J connectivity index is 1.87. The molecule has 0 heterocycles. The molecule has 0 amide bonds. The van der Waals surface area contributed by atoms with Gasteiger partial charge in [0.2, 0.25) is 0 Å². The van der Waals surface area contributed by atoms with E-state index in [0.717, 1.165) is 17.6 Å². The van der Waals surface area contributed by atoms with Crippen molar-refractivity contribution in [3.63, 3.8) is 0 Å². The van der Waals surface area contributed by atoms with Gasteiger partial charge in [-0.2, -0.15) is 0 Å². The van der Waals surface area contributed by atoms with E-state index in [1.54, 1.807) is 7.11 Å². The summed E-state index contributed by atoms with van der Waals surface area (Å²) < 4.78 is 11.4. The second kappa shape index (κ2) is 4.79. The first kappa shape index (κ1) is 11.8. The smallest absolute Gasteiger partial charge is 0.128 e. The molecule has 0 aromatic heterocycles. The van der Waals surface area contributed by atoms with Gasteiger partial charge in [-0.05, 0) is 11.5 Å². The number of alkyl halides is 1. The van der Waals surface area contributed by atoms with Crippen LogP contribution in [-0.2, 0) is 4.74 Å². The van der Waals surface area contributed by atoms with Gasteiger partial charge in [-0.25, -0.2) is 0 Å². The zero-order valence-corrected chi connectivity index (χ0v) is 10.9. The molecule has 94 valence electrons. The minimum Gasteiger partial charge on any atom is -0.487 e. The summed E-state index contributed by atoms with van der Waals surface area (Å²) >= 11 is 6.09. The van der Waals surface area contributed by atoms with Gasteiger partial charge in [0.05, 0.1) is 5.38 Å². The number of fused-ring (bicyclic) bond motifs is 1. The minimum atomic E-state index is -0.00867. The van der Waals surface area contributed by atoms with Crippen molar-refractivity contribution in [1.82, 2.24) is 0 Å². The van der Waals surface area contributed by atoms with Crippen LogP contribution in [0.1, 0.15) is 6.42 Å². The first-order chi connectivity index (χ1) is 8.79. The maximum absolute atomic E-state index is 6.09. The van der Waals surface area contributed by atoms with Gasteiger partial charge in [0.15, 0.2) is 0 Å². The fraction of sp³-hybridized carbons (Fsp3) is 0.333. The molecule has 2 nitrogen and oxygen atoms in total. The molecule has 3 atom stereocenters. The Kier molecular flexibility index (Phi) is 3.14. The largest absolute Gasteiger partial charge is 0.487 e. The zero-order chi connectivity index (χ0) is 12.5. The predicted molar refractivity (Wildman–Crippen MR) is 73.4 cm³/mol. The Morgan fingerprint density at radius 1 is 1.11 bits per heavy atom. The first-order valence-corrected chi connectivity index (χ1v) is 6.54. The molecule has 3 unspecified atom stereocenters. The average Bonchev–Trinajstić information content (AvgIpc) is 2.39. The minimum absolute atomic E-state index is 0.00867. The number of hydrogen-bond donors (Lipinski definition) is 0. The molecule has 3 rings (SSSR count). The highest BCUT2D eigenvalue weighted by Crippen LogP contribution is 2.35. The average molecular weight is 263 g/mol. The maximum Gasteiger partial charge on any atom is 0.128 e. The number of ether oxygens (including phenoxy) is 2. The highest BCUT2D eigenvalue weighted by molar-refractivity contribution is 6.21. The summed E-state index contributed by atoms with van der Waals surface area (Å²) in [6, 6.07) is 14.3. The molecule has 1 aliphatic carbocycles. The van der Waals surface area contributed by atoms with Gasteiger partial charge < -0.3 is 9.47 Å². The molecule has 0 bridgehead atoms. The van der Waals surface area contributed by atoms with Gasteiger partial charge in [-0.1, -0.05) is 36.4 Å². The summed E-state index contributed by atoms with van der Waals surface area (Å²) in [5.41, 5.74) is 0. The van der Waals surface area contributed by atoms with Crippen molar-refractivity contribution in [3.8, 4) is 5.75 Å². The third-order valence-electron chi connectivity index (χ3n) is 3.48. The number of halogens is 1. The lowest BCUT2D eigenvalue weighted by atomic mass is 9.91. The molecule has 1 fully saturated rings. The summed E-state index contributed by atoms with van der Waals surface area (Å²) in [5.74, 6) is 0.906. The topological polar surface area (TPSA) is 18.5 Å². The Bertz CT molecular complexity index is 550. The molecule has 3 heteroatoms. The van der Waals surface area contributed by atoms with E-state index >= 15 is 0 Å². The molecule has 0 N–H and O–H groups in total. The van der Waals surface area contributed by atoms with E-state index in [4.69, 9.17) is 21.1 Å². The van der Waals surface area contributed by atoms with Crippen molar-refractivity contribution in [1.29, 1.82) is 0 Å². The summed E-state index contributed by atoms with van der Waals surface area (Å²) in [7, 11) is 1.68. The second-order valence-electron chi connectivity index (χ2n) is 4.59. The van der Waals surface area contributed by atoms with Crippen LogP contribution in [-0.4, -0.2) is 24.7 Å². The van der Waals surface area contributed by atoms with Crippen LogP contribution in [0.3, 0.4) is 0 Å². The zero-order valence-electron chi connectivity index (χ0n) is 10.2. The Morgan fingerprint density at radius 2 is 1.89 bits per heavy atom. The Hall–Kier alpha value is -1.25. The van der Waals surface area contributed by atoms with Gasteiger partial charge in [-0.3, -0.25) is 0 Å². The molecule has 2 aromatic rings. The molecular weight excluding hydrogens is 248 g/mol. The fourth-order valence-electron chi connectivity index (χ4n) is 2.40. The molecule has 0 radical (unpaired) electrons. The van der Waals surface area contributed by atoms with E-state index in [9.17, 15) is 0 Å². The van der Waals surface area contributed by atoms with Crippen LogP contribution in [0.4, 0.5) is 0 Å². The van der Waals surface area contributed by atoms with E-state index in [2.05, 4.69) is 18.2 Å². The molecule has 0 aliphatic heterocycles. The van der Waals surface area contributed by atoms with E-state index in [0.29, 0.717) is 0 Å². The number of hydrogen-bond acceptors (Lipinski definition) is 2.